The number of carboxylic acids is 1. The van der Waals surface area contributed by atoms with E-state index in [0.717, 1.165) is 12.1 Å². The van der Waals surface area contributed by atoms with Gasteiger partial charge in [-0.3, -0.25) is 0 Å². The standard InChI is InChI=1S/C9H5F3O2/c10-7(8(11)12)5-3-1-2-4-6(5)9(13)14/h1-4H,(H,13,14). The molecule has 0 aliphatic rings. The van der Waals surface area contributed by atoms with Crippen LogP contribution in [0.2, 0.25) is 0 Å². The van der Waals surface area contributed by atoms with Crippen LogP contribution in [0.3, 0.4) is 0 Å². The molecule has 0 spiro atoms. The zero-order chi connectivity index (χ0) is 10.7. The molecule has 0 amide bonds. The van der Waals surface area contributed by atoms with Gasteiger partial charge in [-0.05, 0) is 6.07 Å². The Morgan fingerprint density at radius 3 is 2.00 bits per heavy atom. The Morgan fingerprint density at radius 1 is 1.07 bits per heavy atom. The number of aromatic carboxylic acids is 1. The van der Waals surface area contributed by atoms with E-state index >= 15 is 0 Å². The van der Waals surface area contributed by atoms with Crippen LogP contribution in [0.5, 0.6) is 0 Å². The maximum absolute atomic E-state index is 12.7. The Bertz CT molecular complexity index is 395. The van der Waals surface area contributed by atoms with Gasteiger partial charge in [-0.25, -0.2) is 9.18 Å². The number of carbonyl (C=O) groups is 1. The lowest BCUT2D eigenvalue weighted by molar-refractivity contribution is 0.0696. The lowest BCUT2D eigenvalue weighted by Gasteiger charge is -2.01. The zero-order valence-electron chi connectivity index (χ0n) is 6.80. The first-order chi connectivity index (χ1) is 6.54. The van der Waals surface area contributed by atoms with Gasteiger partial charge in [0.25, 0.3) is 0 Å². The van der Waals surface area contributed by atoms with E-state index in [2.05, 4.69) is 0 Å². The fourth-order valence-corrected chi connectivity index (χ4v) is 0.963. The Kier molecular flexibility index (Phi) is 2.91. The molecule has 0 atom stereocenters. The normalized spacial score (nSPS) is 9.64. The maximum atomic E-state index is 12.7. The van der Waals surface area contributed by atoms with Crippen molar-refractivity contribution in [3.8, 4) is 0 Å². The third-order valence-electron chi connectivity index (χ3n) is 1.56. The molecule has 74 valence electrons. The molecule has 0 bridgehead atoms. The van der Waals surface area contributed by atoms with Crippen molar-refractivity contribution in [3.05, 3.63) is 41.5 Å². The first-order valence-electron chi connectivity index (χ1n) is 3.57. The van der Waals surface area contributed by atoms with Crippen molar-refractivity contribution in [3.63, 3.8) is 0 Å². The second kappa shape index (κ2) is 3.95. The molecule has 0 aromatic heterocycles. The number of hydrogen-bond acceptors (Lipinski definition) is 1. The predicted octanol–water partition coefficient (Wildman–Crippen LogP) is 2.92. The smallest absolute Gasteiger partial charge is 0.336 e. The van der Waals surface area contributed by atoms with E-state index < -0.39 is 29.0 Å². The Balaban J connectivity index is 3.35. The second-order valence-corrected chi connectivity index (χ2v) is 2.43. The molecule has 0 heterocycles. The molecule has 0 aliphatic heterocycles. The van der Waals surface area contributed by atoms with E-state index in [-0.39, 0.29) is 0 Å². The van der Waals surface area contributed by atoms with Gasteiger partial charge < -0.3 is 5.11 Å². The van der Waals surface area contributed by atoms with E-state index in [1.165, 1.54) is 12.1 Å². The summed E-state index contributed by atoms with van der Waals surface area (Å²) in [6.07, 6.45) is -2.53. The molecule has 14 heavy (non-hydrogen) atoms. The molecule has 0 unspecified atom stereocenters. The van der Waals surface area contributed by atoms with Gasteiger partial charge in [0.15, 0.2) is 5.83 Å². The molecule has 1 aromatic carbocycles. The third-order valence-corrected chi connectivity index (χ3v) is 1.56. The highest BCUT2D eigenvalue weighted by molar-refractivity contribution is 5.93. The van der Waals surface area contributed by atoms with Crippen molar-refractivity contribution in [1.82, 2.24) is 0 Å². The summed E-state index contributed by atoms with van der Waals surface area (Å²) in [5.41, 5.74) is -1.10. The van der Waals surface area contributed by atoms with Crippen LogP contribution in [0, 0.1) is 0 Å². The largest absolute Gasteiger partial charge is 0.478 e. The van der Waals surface area contributed by atoms with Gasteiger partial charge in [0.05, 0.1) is 5.56 Å². The number of rotatable bonds is 2. The van der Waals surface area contributed by atoms with Crippen molar-refractivity contribution in [2.45, 2.75) is 0 Å². The fourth-order valence-electron chi connectivity index (χ4n) is 0.963. The summed E-state index contributed by atoms with van der Waals surface area (Å²) in [5, 5.41) is 8.56. The molecule has 0 saturated heterocycles. The zero-order valence-corrected chi connectivity index (χ0v) is 6.80. The van der Waals surface area contributed by atoms with Crippen LogP contribution in [-0.2, 0) is 0 Å². The predicted molar refractivity (Wildman–Crippen MR) is 43.6 cm³/mol. The molecule has 0 fully saturated rings. The van der Waals surface area contributed by atoms with Gasteiger partial charge in [-0.1, -0.05) is 18.2 Å². The van der Waals surface area contributed by atoms with Gasteiger partial charge in [0.1, 0.15) is 0 Å². The molecular formula is C9H5F3O2. The fraction of sp³-hybridized carbons (Fsp3) is 0. The summed E-state index contributed by atoms with van der Waals surface area (Å²) in [7, 11) is 0. The number of halogens is 3. The van der Waals surface area contributed by atoms with Crippen LogP contribution in [0.1, 0.15) is 15.9 Å². The Hall–Kier alpha value is -1.78. The number of carboxylic acid groups (broad SMARTS) is 1. The first kappa shape index (κ1) is 10.3. The topological polar surface area (TPSA) is 37.3 Å². The average Bonchev–Trinajstić information content (AvgIpc) is 2.16. The molecule has 1 aromatic rings. The lowest BCUT2D eigenvalue weighted by atomic mass is 10.1. The Morgan fingerprint density at radius 2 is 1.57 bits per heavy atom. The third kappa shape index (κ3) is 1.93. The van der Waals surface area contributed by atoms with Crippen molar-refractivity contribution < 1.29 is 23.1 Å². The Labute approximate surface area is 77.3 Å². The highest BCUT2D eigenvalue weighted by Crippen LogP contribution is 2.25. The van der Waals surface area contributed by atoms with E-state index in [1.807, 2.05) is 0 Å². The molecule has 1 N–H and O–H groups in total. The van der Waals surface area contributed by atoms with Crippen LogP contribution in [-0.4, -0.2) is 11.1 Å². The van der Waals surface area contributed by atoms with E-state index in [9.17, 15) is 18.0 Å². The molecule has 5 heteroatoms. The summed E-state index contributed by atoms with van der Waals surface area (Å²) < 4.78 is 36.5. The van der Waals surface area contributed by atoms with E-state index in [4.69, 9.17) is 5.11 Å². The van der Waals surface area contributed by atoms with Gasteiger partial charge in [0, 0.05) is 5.56 Å². The van der Waals surface area contributed by atoms with E-state index in [1.54, 1.807) is 0 Å². The molecule has 1 rings (SSSR count). The van der Waals surface area contributed by atoms with Crippen LogP contribution < -0.4 is 0 Å². The van der Waals surface area contributed by atoms with Crippen molar-refractivity contribution in [2.24, 2.45) is 0 Å². The molecular weight excluding hydrogens is 197 g/mol. The summed E-state index contributed by atoms with van der Waals surface area (Å²) in [4.78, 5) is 10.5. The monoisotopic (exact) mass is 202 g/mol. The summed E-state index contributed by atoms with van der Waals surface area (Å²) in [6.45, 7) is 0. The summed E-state index contributed by atoms with van der Waals surface area (Å²) in [5.74, 6) is -3.25. The van der Waals surface area contributed by atoms with Crippen LogP contribution in [0.15, 0.2) is 30.3 Å². The van der Waals surface area contributed by atoms with Crippen LogP contribution in [0.25, 0.3) is 5.83 Å². The second-order valence-electron chi connectivity index (χ2n) is 2.43. The highest BCUT2D eigenvalue weighted by atomic mass is 19.3. The minimum atomic E-state index is -2.53. The van der Waals surface area contributed by atoms with Gasteiger partial charge in [-0.15, -0.1) is 0 Å². The van der Waals surface area contributed by atoms with Gasteiger partial charge in [-0.2, -0.15) is 8.78 Å². The van der Waals surface area contributed by atoms with Crippen LogP contribution >= 0.6 is 0 Å². The maximum Gasteiger partial charge on any atom is 0.336 e. The summed E-state index contributed by atoms with van der Waals surface area (Å²) in [6, 6.07) is 4.65. The average molecular weight is 202 g/mol. The quantitative estimate of drug-likeness (QED) is 0.800. The van der Waals surface area contributed by atoms with Gasteiger partial charge in [0.2, 0.25) is 0 Å². The minimum Gasteiger partial charge on any atom is -0.478 e. The molecule has 0 saturated carbocycles. The van der Waals surface area contributed by atoms with Crippen molar-refractivity contribution in [2.75, 3.05) is 0 Å². The number of benzene rings is 1. The van der Waals surface area contributed by atoms with Crippen molar-refractivity contribution in [1.29, 1.82) is 0 Å². The number of hydrogen-bond donors (Lipinski definition) is 1. The highest BCUT2D eigenvalue weighted by Gasteiger charge is 2.16. The molecule has 0 radical (unpaired) electrons. The lowest BCUT2D eigenvalue weighted by Crippen LogP contribution is -2.00. The SMILES string of the molecule is O=C(O)c1ccccc1C(F)=C(F)F. The van der Waals surface area contributed by atoms with Gasteiger partial charge >= 0.3 is 12.0 Å². The first-order valence-corrected chi connectivity index (χ1v) is 3.57. The molecule has 0 aliphatic carbocycles. The van der Waals surface area contributed by atoms with E-state index in [0.29, 0.717) is 0 Å². The summed E-state index contributed by atoms with van der Waals surface area (Å²) >= 11 is 0. The minimum absolute atomic E-state index is 0.488. The van der Waals surface area contributed by atoms with Crippen molar-refractivity contribution >= 4 is 11.8 Å². The molecule has 2 nitrogen and oxygen atoms in total. The van der Waals surface area contributed by atoms with Crippen LogP contribution in [0.4, 0.5) is 13.2 Å².